The number of carbonyl (C=O) groups is 1. The van der Waals surface area contributed by atoms with Gasteiger partial charge in [-0.25, -0.2) is 0 Å². The Morgan fingerprint density at radius 1 is 1.54 bits per heavy atom. The highest BCUT2D eigenvalue weighted by Crippen LogP contribution is 2.21. The van der Waals surface area contributed by atoms with Gasteiger partial charge in [0.2, 0.25) is 5.91 Å². The molecule has 0 bridgehead atoms. The zero-order chi connectivity index (χ0) is 10.1. The summed E-state index contributed by atoms with van der Waals surface area (Å²) in [4.78, 5) is 13.2. The molecule has 0 saturated carbocycles. The molecule has 0 radical (unpaired) electrons. The van der Waals surface area contributed by atoms with Crippen molar-refractivity contribution < 1.29 is 9.90 Å². The van der Waals surface area contributed by atoms with E-state index in [0.717, 1.165) is 0 Å². The van der Waals surface area contributed by atoms with E-state index in [9.17, 15) is 9.90 Å². The van der Waals surface area contributed by atoms with Crippen LogP contribution in [-0.2, 0) is 4.79 Å². The van der Waals surface area contributed by atoms with Crippen molar-refractivity contribution in [2.24, 2.45) is 5.73 Å². The lowest BCUT2D eigenvalue weighted by Crippen LogP contribution is -2.49. The molecule has 3 N–H and O–H groups in total. The van der Waals surface area contributed by atoms with Crippen LogP contribution in [0.15, 0.2) is 0 Å². The number of likely N-dealkylation sites (tertiary alicyclic amines) is 1. The Labute approximate surface area is 78.7 Å². The highest BCUT2D eigenvalue weighted by molar-refractivity contribution is 5.81. The number of nitrogens with zero attached hydrogens (tertiary/aromatic N) is 1. The van der Waals surface area contributed by atoms with Gasteiger partial charge in [0.25, 0.3) is 0 Å². The molecular weight excluding hydrogens is 168 g/mol. The quantitative estimate of drug-likeness (QED) is 0.591. The lowest BCUT2D eigenvalue weighted by molar-refractivity contribution is -0.135. The number of hydrogen-bond acceptors (Lipinski definition) is 3. The Balaban J connectivity index is 2.46. The Hall–Kier alpha value is -0.610. The predicted molar refractivity (Wildman–Crippen MR) is 50.1 cm³/mol. The number of rotatable bonds is 1. The van der Waals surface area contributed by atoms with Crippen molar-refractivity contribution in [3.8, 4) is 0 Å². The van der Waals surface area contributed by atoms with Crippen LogP contribution in [0.2, 0.25) is 0 Å². The summed E-state index contributed by atoms with van der Waals surface area (Å²) in [5, 5.41) is 9.64. The van der Waals surface area contributed by atoms with Crippen molar-refractivity contribution in [1.82, 2.24) is 4.90 Å². The molecular formula is C9H18N2O2. The van der Waals surface area contributed by atoms with Gasteiger partial charge in [0.1, 0.15) is 0 Å². The highest BCUT2D eigenvalue weighted by atomic mass is 16.3. The molecule has 4 heteroatoms. The van der Waals surface area contributed by atoms with E-state index in [2.05, 4.69) is 0 Å². The maximum Gasteiger partial charge on any atom is 0.239 e. The second-order valence-electron chi connectivity index (χ2n) is 4.11. The molecule has 0 spiro atoms. The monoisotopic (exact) mass is 186 g/mol. The molecule has 1 aliphatic rings. The Morgan fingerprint density at radius 2 is 2.00 bits per heavy atom. The largest absolute Gasteiger partial charge is 0.390 e. The first-order valence-electron chi connectivity index (χ1n) is 4.69. The van der Waals surface area contributed by atoms with Crippen LogP contribution in [-0.4, -0.2) is 40.6 Å². The smallest absolute Gasteiger partial charge is 0.239 e. The van der Waals surface area contributed by atoms with Crippen LogP contribution >= 0.6 is 0 Å². The molecule has 1 saturated heterocycles. The van der Waals surface area contributed by atoms with Crippen LogP contribution < -0.4 is 5.73 Å². The SMILES string of the molecule is CC(N)C(=O)N1CCC(C)(O)CC1. The van der Waals surface area contributed by atoms with Crippen LogP contribution in [0.3, 0.4) is 0 Å². The van der Waals surface area contributed by atoms with E-state index < -0.39 is 11.6 Å². The third-order valence-electron chi connectivity index (χ3n) is 2.54. The summed E-state index contributed by atoms with van der Waals surface area (Å²) in [6, 6.07) is -0.428. The fourth-order valence-corrected chi connectivity index (χ4v) is 1.50. The third-order valence-corrected chi connectivity index (χ3v) is 2.54. The van der Waals surface area contributed by atoms with Gasteiger partial charge in [-0.1, -0.05) is 0 Å². The number of amides is 1. The first-order chi connectivity index (χ1) is 5.92. The van der Waals surface area contributed by atoms with Gasteiger partial charge in [-0.15, -0.1) is 0 Å². The van der Waals surface area contributed by atoms with Crippen LogP contribution in [0.5, 0.6) is 0 Å². The summed E-state index contributed by atoms with van der Waals surface area (Å²) in [5.41, 5.74) is 4.88. The van der Waals surface area contributed by atoms with Crippen molar-refractivity contribution >= 4 is 5.91 Å². The highest BCUT2D eigenvalue weighted by Gasteiger charge is 2.30. The minimum atomic E-state index is -0.603. The van der Waals surface area contributed by atoms with Crippen LogP contribution in [0.1, 0.15) is 26.7 Å². The topological polar surface area (TPSA) is 66.6 Å². The fourth-order valence-electron chi connectivity index (χ4n) is 1.50. The maximum atomic E-state index is 11.4. The van der Waals surface area contributed by atoms with Gasteiger partial charge in [0.15, 0.2) is 0 Å². The molecule has 0 aromatic heterocycles. The van der Waals surface area contributed by atoms with Crippen molar-refractivity contribution in [3.63, 3.8) is 0 Å². The van der Waals surface area contributed by atoms with Crippen LogP contribution in [0, 0.1) is 0 Å². The van der Waals surface area contributed by atoms with Gasteiger partial charge in [-0.05, 0) is 26.7 Å². The molecule has 0 aromatic rings. The second kappa shape index (κ2) is 3.64. The average molecular weight is 186 g/mol. The zero-order valence-electron chi connectivity index (χ0n) is 8.29. The molecule has 13 heavy (non-hydrogen) atoms. The fraction of sp³-hybridized carbons (Fsp3) is 0.889. The molecule has 1 rings (SSSR count). The Bertz CT molecular complexity index is 192. The van der Waals surface area contributed by atoms with E-state index in [0.29, 0.717) is 25.9 Å². The molecule has 1 unspecified atom stereocenters. The number of piperidine rings is 1. The summed E-state index contributed by atoms with van der Waals surface area (Å²) in [5.74, 6) is -0.0181. The van der Waals surface area contributed by atoms with Gasteiger partial charge >= 0.3 is 0 Å². The molecule has 1 heterocycles. The molecule has 1 amide bonds. The number of hydrogen-bond donors (Lipinski definition) is 2. The summed E-state index contributed by atoms with van der Waals surface area (Å²) < 4.78 is 0. The van der Waals surface area contributed by atoms with Crippen molar-refractivity contribution in [1.29, 1.82) is 0 Å². The second-order valence-corrected chi connectivity index (χ2v) is 4.11. The molecule has 1 fully saturated rings. The van der Waals surface area contributed by atoms with Crippen molar-refractivity contribution in [2.75, 3.05) is 13.1 Å². The molecule has 4 nitrogen and oxygen atoms in total. The minimum absolute atomic E-state index is 0.0181. The summed E-state index contributed by atoms with van der Waals surface area (Å²) in [7, 11) is 0. The van der Waals surface area contributed by atoms with E-state index in [-0.39, 0.29) is 5.91 Å². The predicted octanol–water partition coefficient (Wildman–Crippen LogP) is -0.293. The lowest BCUT2D eigenvalue weighted by atomic mass is 9.93. The first-order valence-corrected chi connectivity index (χ1v) is 4.69. The van der Waals surface area contributed by atoms with E-state index >= 15 is 0 Å². The summed E-state index contributed by atoms with van der Waals surface area (Å²) >= 11 is 0. The van der Waals surface area contributed by atoms with Gasteiger partial charge < -0.3 is 15.7 Å². The van der Waals surface area contributed by atoms with E-state index in [1.807, 2.05) is 0 Å². The average Bonchev–Trinajstić information content (AvgIpc) is 2.03. The van der Waals surface area contributed by atoms with E-state index in [4.69, 9.17) is 5.73 Å². The van der Waals surface area contributed by atoms with Crippen LogP contribution in [0.25, 0.3) is 0 Å². The van der Waals surface area contributed by atoms with Crippen molar-refractivity contribution in [3.05, 3.63) is 0 Å². The molecule has 1 aliphatic heterocycles. The summed E-state index contributed by atoms with van der Waals surface area (Å²) in [6.07, 6.45) is 1.29. The van der Waals surface area contributed by atoms with Crippen LogP contribution in [0.4, 0.5) is 0 Å². The Morgan fingerprint density at radius 3 is 2.38 bits per heavy atom. The van der Waals surface area contributed by atoms with Gasteiger partial charge in [0, 0.05) is 13.1 Å². The number of aliphatic hydroxyl groups is 1. The standard InChI is InChI=1S/C9H18N2O2/c1-7(10)8(12)11-5-3-9(2,13)4-6-11/h7,13H,3-6,10H2,1-2H3. The number of nitrogens with two attached hydrogens (primary N) is 1. The molecule has 0 aromatic carbocycles. The zero-order valence-corrected chi connectivity index (χ0v) is 8.29. The van der Waals surface area contributed by atoms with Gasteiger partial charge in [-0.2, -0.15) is 0 Å². The third kappa shape index (κ3) is 2.67. The van der Waals surface area contributed by atoms with E-state index in [1.165, 1.54) is 0 Å². The molecule has 76 valence electrons. The first kappa shape index (κ1) is 10.5. The maximum absolute atomic E-state index is 11.4. The van der Waals surface area contributed by atoms with E-state index in [1.54, 1.807) is 18.7 Å². The Kier molecular flexibility index (Phi) is 2.93. The minimum Gasteiger partial charge on any atom is -0.390 e. The lowest BCUT2D eigenvalue weighted by Gasteiger charge is -2.36. The number of carbonyl (C=O) groups excluding carboxylic acids is 1. The summed E-state index contributed by atoms with van der Waals surface area (Å²) in [6.45, 7) is 4.73. The van der Waals surface area contributed by atoms with Gasteiger partial charge in [-0.3, -0.25) is 4.79 Å². The molecule has 0 aliphatic carbocycles. The van der Waals surface area contributed by atoms with Crippen molar-refractivity contribution in [2.45, 2.75) is 38.3 Å². The normalized spacial score (nSPS) is 24.2. The van der Waals surface area contributed by atoms with Gasteiger partial charge in [0.05, 0.1) is 11.6 Å². The molecule has 1 atom stereocenters.